The minimum absolute atomic E-state index is 0.0452. The van der Waals surface area contributed by atoms with Gasteiger partial charge < -0.3 is 19.5 Å². The summed E-state index contributed by atoms with van der Waals surface area (Å²) in [6.45, 7) is 3.20. The van der Waals surface area contributed by atoms with E-state index in [4.69, 9.17) is 19.2 Å². The Bertz CT molecular complexity index is 1080. The lowest BCUT2D eigenvalue weighted by Gasteiger charge is -2.30. The molecule has 3 atom stereocenters. The van der Waals surface area contributed by atoms with Crippen LogP contribution in [0.3, 0.4) is 0 Å². The fourth-order valence-electron chi connectivity index (χ4n) is 5.88. The molecule has 5 rings (SSSR count). The van der Waals surface area contributed by atoms with Gasteiger partial charge in [0, 0.05) is 32.0 Å². The smallest absolute Gasteiger partial charge is 0.319 e. The van der Waals surface area contributed by atoms with Crippen molar-refractivity contribution in [3.63, 3.8) is 0 Å². The Morgan fingerprint density at radius 1 is 1.19 bits per heavy atom. The van der Waals surface area contributed by atoms with Gasteiger partial charge in [0.15, 0.2) is 0 Å². The molecule has 2 saturated heterocycles. The largest absolute Gasteiger partial charge is 0.468 e. The second kappa shape index (κ2) is 12.3. The molecule has 0 saturated carbocycles. The molecular weight excluding hydrogens is 473 g/mol. The molecule has 0 aliphatic carbocycles. The highest BCUT2D eigenvalue weighted by atomic mass is 19.1. The molecule has 2 aromatic rings. The predicted molar refractivity (Wildman–Crippen MR) is 139 cm³/mol. The number of methoxy groups -OCH3 is 1. The van der Waals surface area contributed by atoms with Crippen LogP contribution in [0.4, 0.5) is 10.1 Å². The monoisotopic (exact) mass is 511 g/mol. The Morgan fingerprint density at radius 3 is 2.95 bits per heavy atom. The van der Waals surface area contributed by atoms with Crippen molar-refractivity contribution in [2.75, 3.05) is 45.3 Å². The molecule has 0 amide bonds. The molecule has 37 heavy (non-hydrogen) atoms. The van der Waals surface area contributed by atoms with E-state index >= 15 is 0 Å². The van der Waals surface area contributed by atoms with Crippen molar-refractivity contribution in [2.24, 2.45) is 0 Å². The zero-order valence-corrected chi connectivity index (χ0v) is 21.7. The van der Waals surface area contributed by atoms with Crippen LogP contribution < -0.4 is 5.32 Å². The summed E-state index contributed by atoms with van der Waals surface area (Å²) in [5, 5.41) is 3.41. The number of hydrogen-bond acceptors (Lipinski definition) is 7. The maximum absolute atomic E-state index is 14.5. The van der Waals surface area contributed by atoms with Gasteiger partial charge in [0.25, 0.3) is 0 Å². The number of hydrogen-bond donors (Lipinski definition) is 1. The number of nitrogens with one attached hydrogen (secondary N) is 1. The van der Waals surface area contributed by atoms with Gasteiger partial charge in [0.1, 0.15) is 5.82 Å². The van der Waals surface area contributed by atoms with Crippen LogP contribution >= 0.6 is 0 Å². The molecule has 2 unspecified atom stereocenters. The number of aryl methyl sites for hydroxylation is 2. The van der Waals surface area contributed by atoms with E-state index in [0.717, 1.165) is 74.7 Å². The third kappa shape index (κ3) is 6.30. The second-order valence-corrected chi connectivity index (χ2v) is 10.2. The molecule has 0 radical (unpaired) electrons. The molecule has 1 N–H and O–H groups in total. The fourth-order valence-corrected chi connectivity index (χ4v) is 5.88. The zero-order chi connectivity index (χ0) is 25.6. The topological polar surface area (TPSA) is 72.9 Å². The molecule has 8 heteroatoms. The van der Waals surface area contributed by atoms with Crippen LogP contribution in [0.25, 0.3) is 0 Å². The number of unbranched alkanes of at least 4 members (excludes halogenated alkanes) is 1. The number of carbonyl (C=O) groups is 1. The number of rotatable bonds is 10. The third-order valence-electron chi connectivity index (χ3n) is 7.75. The highest BCUT2D eigenvalue weighted by Crippen LogP contribution is 2.41. The van der Waals surface area contributed by atoms with Crippen LogP contribution in [0.2, 0.25) is 0 Å². The normalized spacial score (nSPS) is 23.6. The van der Waals surface area contributed by atoms with E-state index in [1.54, 1.807) is 6.07 Å². The van der Waals surface area contributed by atoms with E-state index in [1.807, 2.05) is 6.07 Å². The molecule has 1 aromatic carbocycles. The van der Waals surface area contributed by atoms with Gasteiger partial charge in [-0.25, -0.2) is 4.39 Å². The molecule has 200 valence electrons. The van der Waals surface area contributed by atoms with E-state index in [-0.39, 0.29) is 36.6 Å². The van der Waals surface area contributed by atoms with Gasteiger partial charge in [-0.15, -0.1) is 0 Å². The molecule has 3 aliphatic rings. The maximum Gasteiger partial charge on any atom is 0.319 e. The average molecular weight is 512 g/mol. The number of carbonyl (C=O) groups excluding carboxylic acids is 1. The van der Waals surface area contributed by atoms with Gasteiger partial charge in [-0.05, 0) is 86.8 Å². The Morgan fingerprint density at radius 2 is 2.11 bits per heavy atom. The highest BCUT2D eigenvalue weighted by Gasteiger charge is 2.39. The minimum Gasteiger partial charge on any atom is -0.468 e. The number of likely N-dealkylation sites (tertiary alicyclic amines) is 1. The standard InChI is InChI=1S/C29H38FN3O4/c1-35-28(34)19-33-15-13-27(29(33)23-18-20(30)9-11-22(23)26-8-5-17-36-26)37-16-3-2-6-21-10-12-24-25(32-21)7-4-14-31-24/h9-12,18,26-27,29,31H,2-8,13-17,19H2,1H3/t26-,27?,29?/m0/s1. The number of aromatic nitrogens is 1. The Labute approximate surface area is 218 Å². The van der Waals surface area contributed by atoms with Gasteiger partial charge in [-0.3, -0.25) is 14.7 Å². The van der Waals surface area contributed by atoms with Gasteiger partial charge >= 0.3 is 5.97 Å². The van der Waals surface area contributed by atoms with Crippen molar-refractivity contribution in [1.82, 2.24) is 9.88 Å². The minimum atomic E-state index is -0.298. The first-order valence-corrected chi connectivity index (χ1v) is 13.7. The number of esters is 1. The summed E-state index contributed by atoms with van der Waals surface area (Å²) in [6.07, 6.45) is 7.52. The fraction of sp³-hybridized carbons (Fsp3) is 0.586. The SMILES string of the molecule is COC(=O)CN1CCC(OCCCCc2ccc3c(n2)CCCN3)C1c1cc(F)ccc1[C@@H]1CCCO1. The first kappa shape index (κ1) is 26.1. The number of pyridine rings is 1. The van der Waals surface area contributed by atoms with Crippen molar-refractivity contribution in [1.29, 1.82) is 0 Å². The van der Waals surface area contributed by atoms with E-state index < -0.39 is 0 Å². The number of benzene rings is 1. The molecule has 0 bridgehead atoms. The Hall–Kier alpha value is -2.55. The van der Waals surface area contributed by atoms with Crippen LogP contribution in [0.15, 0.2) is 30.3 Å². The molecule has 3 aliphatic heterocycles. The Balaban J connectivity index is 1.23. The first-order chi connectivity index (χ1) is 18.1. The van der Waals surface area contributed by atoms with Crippen LogP contribution in [0.1, 0.15) is 73.2 Å². The van der Waals surface area contributed by atoms with Gasteiger partial charge in [-0.2, -0.15) is 0 Å². The molecule has 2 fully saturated rings. The van der Waals surface area contributed by atoms with Gasteiger partial charge in [0.2, 0.25) is 0 Å². The first-order valence-electron chi connectivity index (χ1n) is 13.7. The summed E-state index contributed by atoms with van der Waals surface area (Å²) in [7, 11) is 1.40. The number of ether oxygens (including phenoxy) is 3. The van der Waals surface area contributed by atoms with E-state index in [0.29, 0.717) is 19.8 Å². The van der Waals surface area contributed by atoms with Crippen molar-refractivity contribution in [2.45, 2.75) is 69.6 Å². The zero-order valence-electron chi connectivity index (χ0n) is 21.7. The van der Waals surface area contributed by atoms with Crippen LogP contribution in [0.5, 0.6) is 0 Å². The number of fused-ring (bicyclic) bond motifs is 1. The molecule has 7 nitrogen and oxygen atoms in total. The van der Waals surface area contributed by atoms with E-state index in [1.165, 1.54) is 24.6 Å². The van der Waals surface area contributed by atoms with Gasteiger partial charge in [0.05, 0.1) is 43.3 Å². The van der Waals surface area contributed by atoms with Crippen LogP contribution in [-0.4, -0.2) is 61.9 Å². The van der Waals surface area contributed by atoms with E-state index in [9.17, 15) is 9.18 Å². The van der Waals surface area contributed by atoms with Crippen molar-refractivity contribution >= 4 is 11.7 Å². The number of anilines is 1. The predicted octanol–water partition coefficient (Wildman–Crippen LogP) is 4.76. The van der Waals surface area contributed by atoms with E-state index in [2.05, 4.69) is 22.3 Å². The number of halogens is 1. The second-order valence-electron chi connectivity index (χ2n) is 10.2. The Kier molecular flexibility index (Phi) is 8.69. The molecule has 1 aromatic heterocycles. The molecular formula is C29H38FN3O4. The highest BCUT2D eigenvalue weighted by molar-refractivity contribution is 5.71. The lowest BCUT2D eigenvalue weighted by molar-refractivity contribution is -0.142. The number of nitrogens with zero attached hydrogens (tertiary/aromatic N) is 2. The van der Waals surface area contributed by atoms with Gasteiger partial charge in [-0.1, -0.05) is 6.07 Å². The van der Waals surface area contributed by atoms with Crippen LogP contribution in [0, 0.1) is 5.82 Å². The lowest BCUT2D eigenvalue weighted by atomic mass is 9.92. The summed E-state index contributed by atoms with van der Waals surface area (Å²) in [4.78, 5) is 19.1. The summed E-state index contributed by atoms with van der Waals surface area (Å²) < 4.78 is 31.8. The lowest BCUT2D eigenvalue weighted by Crippen LogP contribution is -2.34. The molecule has 4 heterocycles. The maximum atomic E-state index is 14.5. The van der Waals surface area contributed by atoms with Crippen molar-refractivity contribution < 1.29 is 23.4 Å². The van der Waals surface area contributed by atoms with Crippen molar-refractivity contribution in [3.05, 3.63) is 58.7 Å². The molecule has 0 spiro atoms. The third-order valence-corrected chi connectivity index (χ3v) is 7.75. The quantitative estimate of drug-likeness (QED) is 0.364. The van der Waals surface area contributed by atoms with Crippen molar-refractivity contribution in [3.8, 4) is 0 Å². The summed E-state index contributed by atoms with van der Waals surface area (Å²) >= 11 is 0. The summed E-state index contributed by atoms with van der Waals surface area (Å²) in [5.74, 6) is -0.582. The average Bonchev–Trinajstić information content (AvgIpc) is 3.59. The summed E-state index contributed by atoms with van der Waals surface area (Å²) in [5.41, 5.74) is 5.34. The van der Waals surface area contributed by atoms with Crippen LogP contribution in [-0.2, 0) is 31.8 Å². The summed E-state index contributed by atoms with van der Waals surface area (Å²) in [6, 6.07) is 8.99.